The van der Waals surface area contributed by atoms with Gasteiger partial charge in [0.25, 0.3) is 5.91 Å². The number of hydrogen-bond donors (Lipinski definition) is 5. The number of hydrogen-bond acceptors (Lipinski definition) is 9. The van der Waals surface area contributed by atoms with Gasteiger partial charge in [-0.15, -0.1) is 17.9 Å². The van der Waals surface area contributed by atoms with Gasteiger partial charge < -0.3 is 26.6 Å². The van der Waals surface area contributed by atoms with Crippen LogP contribution >= 0.6 is 11.8 Å². The minimum atomic E-state index is -0.866. The lowest BCUT2D eigenvalue weighted by molar-refractivity contribution is -0.109. The highest BCUT2D eigenvalue weighted by molar-refractivity contribution is 8.02. The van der Waals surface area contributed by atoms with Crippen LogP contribution in [0.2, 0.25) is 0 Å². The smallest absolute Gasteiger partial charge is 0.266 e. The number of carbonyl (C=O) groups is 2. The fourth-order valence-corrected chi connectivity index (χ4v) is 3.72. The molecule has 178 valence electrons. The second-order valence-corrected chi connectivity index (χ2v) is 7.87. The van der Waals surface area contributed by atoms with Crippen molar-refractivity contribution >= 4 is 47.2 Å². The number of thioether (sulfide) groups is 1. The van der Waals surface area contributed by atoms with Crippen molar-refractivity contribution < 1.29 is 14.0 Å². The molecule has 5 heterocycles. The lowest BCUT2D eigenvalue weighted by atomic mass is 10.3. The van der Waals surface area contributed by atoms with Crippen LogP contribution in [0.4, 0.5) is 22.0 Å². The van der Waals surface area contributed by atoms with Crippen molar-refractivity contribution in [2.75, 3.05) is 23.3 Å². The van der Waals surface area contributed by atoms with Crippen LogP contribution in [0.15, 0.2) is 36.0 Å². The summed E-state index contributed by atoms with van der Waals surface area (Å²) in [7, 11) is 0. The third kappa shape index (κ3) is 5.95. The van der Waals surface area contributed by atoms with Crippen molar-refractivity contribution in [3.05, 3.63) is 41.7 Å². The van der Waals surface area contributed by atoms with Crippen LogP contribution < -0.4 is 26.6 Å². The first kappa shape index (κ1) is 24.4. The number of fused-ring (bicyclic) bond motifs is 1. The second-order valence-electron chi connectivity index (χ2n) is 6.86. The molecule has 0 aliphatic carbocycles. The first-order chi connectivity index (χ1) is 16.5. The van der Waals surface area contributed by atoms with Crippen LogP contribution in [-0.2, 0) is 4.79 Å². The topological polar surface area (TPSA) is 158 Å². The van der Waals surface area contributed by atoms with Crippen molar-refractivity contribution in [1.82, 2.24) is 35.4 Å². The summed E-state index contributed by atoms with van der Waals surface area (Å²) in [5.41, 5.74) is 6.18. The number of anilines is 3. The molecule has 14 heteroatoms. The predicted molar refractivity (Wildman–Crippen MR) is 128 cm³/mol. The molecule has 12 nitrogen and oxygen atoms in total. The molecule has 2 atom stereocenters. The average Bonchev–Trinajstić information content (AvgIpc) is 3.63. The average molecular weight is 487 g/mol. The van der Waals surface area contributed by atoms with E-state index in [0.29, 0.717) is 37.0 Å². The number of nitrogens with two attached hydrogens (primary N) is 1. The van der Waals surface area contributed by atoms with Gasteiger partial charge in [0.2, 0.25) is 12.4 Å². The number of carbonyl (C=O) groups excluding carboxylic acids is 2. The molecule has 1 saturated heterocycles. The highest BCUT2D eigenvalue weighted by Gasteiger charge is 2.25. The summed E-state index contributed by atoms with van der Waals surface area (Å²) in [5, 5.41) is 21.3. The van der Waals surface area contributed by atoms with Crippen LogP contribution in [0.1, 0.15) is 16.9 Å². The number of alkyl halides is 1. The molecule has 5 rings (SSSR count). The summed E-state index contributed by atoms with van der Waals surface area (Å²) < 4.78 is 15.1. The number of terminal acetylenes is 1. The lowest BCUT2D eigenvalue weighted by Gasteiger charge is -2.16. The number of H-pyrrole nitrogens is 1. The zero-order valence-corrected chi connectivity index (χ0v) is 18.7. The summed E-state index contributed by atoms with van der Waals surface area (Å²) in [5.74, 6) is 0.751. The molecular formula is C20H23FN10O2S. The number of halogens is 1. The van der Waals surface area contributed by atoms with Crippen LogP contribution in [-0.4, -0.2) is 61.9 Å². The zero-order chi connectivity index (χ0) is 24.5. The van der Waals surface area contributed by atoms with Gasteiger partial charge in [-0.1, -0.05) is 11.8 Å². The van der Waals surface area contributed by atoms with E-state index in [-0.39, 0.29) is 17.7 Å². The predicted octanol–water partition coefficient (Wildman–Crippen LogP) is 0.916. The number of nitrogens with one attached hydrogen (secondary N) is 4. The van der Waals surface area contributed by atoms with Crippen LogP contribution in [0.25, 0.3) is 5.52 Å². The van der Waals surface area contributed by atoms with Gasteiger partial charge in [-0.05, 0) is 24.0 Å². The Morgan fingerprint density at radius 3 is 2.85 bits per heavy atom. The Kier molecular flexibility index (Phi) is 8.30. The van der Waals surface area contributed by atoms with E-state index in [1.165, 1.54) is 17.8 Å². The Hall–Kier alpha value is -4.25. The van der Waals surface area contributed by atoms with Gasteiger partial charge in [-0.2, -0.15) is 10.1 Å². The molecule has 2 amide bonds. The largest absolute Gasteiger partial charge is 0.364 e. The van der Waals surface area contributed by atoms with Crippen LogP contribution in [0.3, 0.4) is 0 Å². The SMILES string of the molecule is C#C.NC(=O)c1cc(Nc2nc(N3CC[C@@H](F)C3)nn3cccc23)n[nH]1.O=CNC1NC=CS1. The van der Waals surface area contributed by atoms with E-state index in [1.54, 1.807) is 21.8 Å². The third-order valence-corrected chi connectivity index (χ3v) is 5.47. The third-order valence-electron chi connectivity index (χ3n) is 4.63. The second kappa shape index (κ2) is 11.6. The van der Waals surface area contributed by atoms with Gasteiger partial charge in [0, 0.05) is 25.0 Å². The van der Waals surface area contributed by atoms with Gasteiger partial charge in [-0.3, -0.25) is 14.7 Å². The highest BCUT2D eigenvalue weighted by atomic mass is 32.2. The molecule has 1 unspecified atom stereocenters. The first-order valence-electron chi connectivity index (χ1n) is 9.99. The maximum atomic E-state index is 13.5. The molecule has 2 aliphatic heterocycles. The Morgan fingerprint density at radius 1 is 1.41 bits per heavy atom. The van der Waals surface area contributed by atoms with Crippen molar-refractivity contribution in [2.24, 2.45) is 5.73 Å². The van der Waals surface area contributed by atoms with Gasteiger partial charge in [0.05, 0.1) is 6.54 Å². The Morgan fingerprint density at radius 2 is 2.24 bits per heavy atom. The molecule has 0 radical (unpaired) electrons. The fraction of sp³-hybridized carbons (Fsp3) is 0.250. The van der Waals surface area contributed by atoms with E-state index in [9.17, 15) is 14.0 Å². The highest BCUT2D eigenvalue weighted by Crippen LogP contribution is 2.24. The lowest BCUT2D eigenvalue weighted by Crippen LogP contribution is -2.32. The number of nitrogens with zero attached hydrogens (tertiary/aromatic N) is 5. The molecular weight excluding hydrogens is 463 g/mol. The Balaban J connectivity index is 0.000000274. The molecule has 0 aromatic carbocycles. The Bertz CT molecular complexity index is 1170. The van der Waals surface area contributed by atoms with Crippen LogP contribution in [0.5, 0.6) is 0 Å². The minimum absolute atomic E-state index is 0.0486. The molecule has 3 aromatic rings. The number of aromatic nitrogens is 5. The summed E-state index contributed by atoms with van der Waals surface area (Å²) >= 11 is 1.53. The van der Waals surface area contributed by atoms with E-state index < -0.39 is 12.1 Å². The molecule has 2 aliphatic rings. The van der Waals surface area contributed by atoms with Crippen molar-refractivity contribution in [3.63, 3.8) is 0 Å². The maximum absolute atomic E-state index is 13.5. The fourth-order valence-electron chi connectivity index (χ4n) is 3.11. The molecule has 1 fully saturated rings. The van der Waals surface area contributed by atoms with E-state index in [2.05, 4.69) is 49.1 Å². The molecule has 0 bridgehead atoms. The molecule has 6 N–H and O–H groups in total. The zero-order valence-electron chi connectivity index (χ0n) is 17.9. The Labute approximate surface area is 198 Å². The number of rotatable bonds is 6. The monoisotopic (exact) mass is 486 g/mol. The summed E-state index contributed by atoms with van der Waals surface area (Å²) in [6, 6.07) is 5.17. The normalized spacial score (nSPS) is 18.3. The molecule has 34 heavy (non-hydrogen) atoms. The number of aromatic amines is 1. The molecule has 3 aromatic heterocycles. The summed E-state index contributed by atoms with van der Waals surface area (Å²) in [6.45, 7) is 0.849. The molecule has 0 saturated carbocycles. The quantitative estimate of drug-likeness (QED) is 0.252. The van der Waals surface area contributed by atoms with E-state index >= 15 is 0 Å². The van der Waals surface area contributed by atoms with Crippen molar-refractivity contribution in [1.29, 1.82) is 0 Å². The summed E-state index contributed by atoms with van der Waals surface area (Å²) in [6.07, 6.45) is 11.9. The van der Waals surface area contributed by atoms with E-state index in [1.807, 2.05) is 17.5 Å². The number of amides is 2. The standard InChI is InChI=1S/C14H15FN8O.C4H6N2OS.C2H2/c15-8-3-5-22(7-8)14-18-13(10-2-1-4-23(10)21-14)17-11-6-9(12(16)24)19-20-11;7-3-6-4-5-1-2-8-4;1-2/h1-2,4,6,8H,3,5,7H2,(H2,16,24)(H2,17,18,19,20,21);1-5H,(H,6,7);1-2H/t8-;;/m1../s1. The molecule has 0 spiro atoms. The van der Waals surface area contributed by atoms with Gasteiger partial charge in [0.1, 0.15) is 17.4 Å². The van der Waals surface area contributed by atoms with Gasteiger partial charge >= 0.3 is 0 Å². The maximum Gasteiger partial charge on any atom is 0.266 e. The van der Waals surface area contributed by atoms with Gasteiger partial charge in [-0.25, -0.2) is 8.91 Å². The van der Waals surface area contributed by atoms with E-state index in [4.69, 9.17) is 5.73 Å². The van der Waals surface area contributed by atoms with Gasteiger partial charge in [0.15, 0.2) is 17.1 Å². The number of primary amides is 1. The first-order valence-corrected chi connectivity index (χ1v) is 10.9. The minimum Gasteiger partial charge on any atom is -0.364 e. The van der Waals surface area contributed by atoms with E-state index in [0.717, 1.165) is 5.52 Å². The summed E-state index contributed by atoms with van der Waals surface area (Å²) in [4.78, 5) is 27.2. The van der Waals surface area contributed by atoms with Crippen molar-refractivity contribution in [2.45, 2.75) is 18.1 Å². The van der Waals surface area contributed by atoms with Crippen LogP contribution in [0, 0.1) is 12.8 Å². The van der Waals surface area contributed by atoms with Crippen molar-refractivity contribution in [3.8, 4) is 12.8 Å².